The Kier molecular flexibility index (Phi) is 1.42. The normalized spacial score (nSPS) is 34.5. The van der Waals surface area contributed by atoms with Gasteiger partial charge in [0.25, 0.3) is 0 Å². The summed E-state index contributed by atoms with van der Waals surface area (Å²) in [4.78, 5) is 15.8. The third-order valence-corrected chi connectivity index (χ3v) is 1.87. The van der Waals surface area contributed by atoms with Gasteiger partial charge in [0.1, 0.15) is 11.8 Å². The van der Waals surface area contributed by atoms with Gasteiger partial charge in [0.15, 0.2) is 11.9 Å². The lowest BCUT2D eigenvalue weighted by Crippen LogP contribution is -2.17. The first kappa shape index (κ1) is 6.79. The van der Waals surface area contributed by atoms with E-state index in [-0.39, 0.29) is 18.0 Å². The molecule has 2 atom stereocenters. The van der Waals surface area contributed by atoms with E-state index in [4.69, 9.17) is 9.57 Å². The summed E-state index contributed by atoms with van der Waals surface area (Å²) in [5.74, 6) is -0.00634. The molecule has 0 spiro atoms. The van der Waals surface area contributed by atoms with E-state index in [0.717, 1.165) is 6.61 Å². The van der Waals surface area contributed by atoms with Crippen molar-refractivity contribution in [2.24, 2.45) is 5.16 Å². The molecule has 4 heteroatoms. The van der Waals surface area contributed by atoms with Crippen LogP contribution in [0.3, 0.4) is 0 Å². The van der Waals surface area contributed by atoms with Crippen molar-refractivity contribution < 1.29 is 14.4 Å². The number of ketones is 1. The molecule has 0 amide bonds. The lowest BCUT2D eigenvalue weighted by Gasteiger charge is -2.00. The van der Waals surface area contributed by atoms with Gasteiger partial charge in [-0.2, -0.15) is 0 Å². The zero-order valence-electron chi connectivity index (χ0n) is 6.24. The van der Waals surface area contributed by atoms with Crippen molar-refractivity contribution in [1.82, 2.24) is 0 Å². The zero-order chi connectivity index (χ0) is 7.84. The maximum atomic E-state index is 10.8. The first-order valence-electron chi connectivity index (χ1n) is 3.62. The van der Waals surface area contributed by atoms with E-state index < -0.39 is 0 Å². The molecule has 1 fully saturated rings. The lowest BCUT2D eigenvalue weighted by molar-refractivity contribution is -0.111. The Morgan fingerprint density at radius 3 is 2.82 bits per heavy atom. The molecule has 1 saturated heterocycles. The minimum atomic E-state index is -0.00634. The lowest BCUT2D eigenvalue weighted by atomic mass is 10.1. The fraction of sp³-hybridized carbons (Fsp3) is 0.714. The summed E-state index contributed by atoms with van der Waals surface area (Å²) < 4.78 is 5.01. The summed E-state index contributed by atoms with van der Waals surface area (Å²) in [6.45, 7) is 2.24. The van der Waals surface area contributed by atoms with Crippen molar-refractivity contribution in [3.63, 3.8) is 0 Å². The van der Waals surface area contributed by atoms with Crippen LogP contribution in [0.25, 0.3) is 0 Å². The largest absolute Gasteiger partial charge is 0.389 e. The number of hydrogen-bond acceptors (Lipinski definition) is 4. The third kappa shape index (κ3) is 1.26. The molecule has 60 valence electrons. The highest BCUT2D eigenvalue weighted by molar-refractivity contribution is 6.39. The molecule has 2 heterocycles. The van der Waals surface area contributed by atoms with Gasteiger partial charge in [-0.05, 0) is 0 Å². The second kappa shape index (κ2) is 2.30. The predicted octanol–water partition coefficient (Wildman–Crippen LogP) is 0.119. The Labute approximate surface area is 64.2 Å². The molecule has 2 aliphatic rings. The number of hydrogen-bond donors (Lipinski definition) is 0. The second-order valence-corrected chi connectivity index (χ2v) is 2.81. The quantitative estimate of drug-likeness (QED) is 0.532. The van der Waals surface area contributed by atoms with Crippen LogP contribution in [-0.4, -0.2) is 30.3 Å². The number of carbonyl (C=O) groups is 1. The SMILES string of the molecule is CC(=O)C1=NO[C@@H]([C@@H]2CO2)C1. The van der Waals surface area contributed by atoms with E-state index >= 15 is 0 Å². The van der Waals surface area contributed by atoms with Gasteiger partial charge in [-0.15, -0.1) is 0 Å². The summed E-state index contributed by atoms with van der Waals surface area (Å²) in [5, 5.41) is 3.66. The zero-order valence-corrected chi connectivity index (χ0v) is 6.24. The number of rotatable bonds is 2. The number of carbonyl (C=O) groups excluding carboxylic acids is 1. The van der Waals surface area contributed by atoms with Gasteiger partial charge in [-0.3, -0.25) is 4.79 Å². The molecule has 0 bridgehead atoms. The minimum absolute atomic E-state index is 0.00565. The van der Waals surface area contributed by atoms with Crippen LogP contribution in [-0.2, 0) is 14.4 Å². The van der Waals surface area contributed by atoms with Gasteiger partial charge in [0.05, 0.1) is 6.61 Å². The van der Waals surface area contributed by atoms with Crippen molar-refractivity contribution in [3.8, 4) is 0 Å². The van der Waals surface area contributed by atoms with Gasteiger partial charge < -0.3 is 9.57 Å². The molecular weight excluding hydrogens is 146 g/mol. The molecule has 0 saturated carbocycles. The van der Waals surface area contributed by atoms with E-state index in [1.807, 2.05) is 0 Å². The first-order chi connectivity index (χ1) is 5.27. The molecule has 0 aromatic heterocycles. The molecule has 0 aromatic carbocycles. The first-order valence-corrected chi connectivity index (χ1v) is 3.62. The van der Waals surface area contributed by atoms with Crippen LogP contribution in [0.1, 0.15) is 13.3 Å². The van der Waals surface area contributed by atoms with Crippen LogP contribution in [0.15, 0.2) is 5.16 Å². The van der Waals surface area contributed by atoms with Gasteiger partial charge in [-0.25, -0.2) is 0 Å². The van der Waals surface area contributed by atoms with Gasteiger partial charge in [0, 0.05) is 13.3 Å². The summed E-state index contributed by atoms with van der Waals surface area (Å²) in [6, 6.07) is 0. The highest BCUT2D eigenvalue weighted by atomic mass is 16.7. The number of epoxide rings is 1. The third-order valence-electron chi connectivity index (χ3n) is 1.87. The van der Waals surface area contributed by atoms with Crippen molar-refractivity contribution in [1.29, 1.82) is 0 Å². The minimum Gasteiger partial charge on any atom is -0.389 e. The standard InChI is InChI=1S/C7H9NO3/c1-4(9)5-2-6(11-8-5)7-3-10-7/h6-7H,2-3H2,1H3/t6-,7+/m1/s1. The second-order valence-electron chi connectivity index (χ2n) is 2.81. The molecule has 4 nitrogen and oxygen atoms in total. The van der Waals surface area contributed by atoms with Gasteiger partial charge in [0.2, 0.25) is 0 Å². The van der Waals surface area contributed by atoms with E-state index in [0.29, 0.717) is 12.1 Å². The summed E-state index contributed by atoms with van der Waals surface area (Å²) in [6.07, 6.45) is 0.782. The van der Waals surface area contributed by atoms with E-state index in [9.17, 15) is 4.79 Å². The molecule has 11 heavy (non-hydrogen) atoms. The molecule has 0 radical (unpaired) electrons. The fourth-order valence-electron chi connectivity index (χ4n) is 1.07. The van der Waals surface area contributed by atoms with Gasteiger partial charge in [-0.1, -0.05) is 5.16 Å². The number of ether oxygens (including phenoxy) is 1. The molecule has 0 unspecified atom stereocenters. The molecule has 0 aliphatic carbocycles. The van der Waals surface area contributed by atoms with Crippen LogP contribution >= 0.6 is 0 Å². The molecule has 0 aromatic rings. The van der Waals surface area contributed by atoms with E-state index in [1.165, 1.54) is 6.92 Å². The average Bonchev–Trinajstić information content (AvgIpc) is 2.68. The smallest absolute Gasteiger partial charge is 0.177 e. The molecular formula is C7H9NO3. The number of nitrogens with zero attached hydrogens (tertiary/aromatic N) is 1. The average molecular weight is 155 g/mol. The highest BCUT2D eigenvalue weighted by Crippen LogP contribution is 2.24. The maximum absolute atomic E-state index is 10.8. The van der Waals surface area contributed by atoms with Crippen LogP contribution in [0.5, 0.6) is 0 Å². The summed E-state index contributed by atoms with van der Waals surface area (Å²) in [5.41, 5.74) is 0.533. The fourth-order valence-corrected chi connectivity index (χ4v) is 1.07. The Hall–Kier alpha value is -0.900. The molecule has 0 N–H and O–H groups in total. The molecule has 2 aliphatic heterocycles. The van der Waals surface area contributed by atoms with Crippen molar-refractivity contribution in [2.75, 3.05) is 6.61 Å². The Balaban J connectivity index is 1.93. The monoisotopic (exact) mass is 155 g/mol. The van der Waals surface area contributed by atoms with Crippen LogP contribution in [0.4, 0.5) is 0 Å². The number of oxime groups is 1. The number of Topliss-reactive ketones (excluding diaryl/α,β-unsaturated/α-hetero) is 1. The van der Waals surface area contributed by atoms with E-state index in [2.05, 4.69) is 5.16 Å². The van der Waals surface area contributed by atoms with Gasteiger partial charge >= 0.3 is 0 Å². The van der Waals surface area contributed by atoms with Crippen molar-refractivity contribution in [3.05, 3.63) is 0 Å². The van der Waals surface area contributed by atoms with Crippen LogP contribution < -0.4 is 0 Å². The summed E-state index contributed by atoms with van der Waals surface area (Å²) in [7, 11) is 0. The summed E-state index contributed by atoms with van der Waals surface area (Å²) >= 11 is 0. The topological polar surface area (TPSA) is 51.2 Å². The molecule has 2 rings (SSSR count). The Bertz CT molecular complexity index is 220. The van der Waals surface area contributed by atoms with Crippen LogP contribution in [0, 0.1) is 0 Å². The van der Waals surface area contributed by atoms with Crippen LogP contribution in [0.2, 0.25) is 0 Å². The Morgan fingerprint density at radius 1 is 1.64 bits per heavy atom. The van der Waals surface area contributed by atoms with Crippen molar-refractivity contribution >= 4 is 11.5 Å². The van der Waals surface area contributed by atoms with E-state index in [1.54, 1.807) is 0 Å². The maximum Gasteiger partial charge on any atom is 0.177 e. The van der Waals surface area contributed by atoms with Crippen molar-refractivity contribution in [2.45, 2.75) is 25.6 Å². The Morgan fingerprint density at radius 2 is 2.36 bits per heavy atom. The highest BCUT2D eigenvalue weighted by Gasteiger charge is 2.39. The predicted molar refractivity (Wildman–Crippen MR) is 37.3 cm³/mol.